The number of hydrogen-bond donors (Lipinski definition) is 1. The lowest BCUT2D eigenvalue weighted by molar-refractivity contribution is -0.132. The predicted octanol–water partition coefficient (Wildman–Crippen LogP) is 3.00. The van der Waals surface area contributed by atoms with Crippen molar-refractivity contribution in [2.45, 2.75) is 40.3 Å². The average molecular weight is 355 g/mol. The molecule has 0 amide bonds. The molecule has 0 spiro atoms. The molecule has 24 heavy (non-hydrogen) atoms. The summed E-state index contributed by atoms with van der Waals surface area (Å²) in [5.41, 5.74) is 1.34. The molecule has 1 N–H and O–H groups in total. The zero-order valence-electron chi connectivity index (χ0n) is 15.2. The standard InChI is InChI=1S/C18H30N2O3S/c1-5-24-17-16(18(21)22)14(4)12-15(19-8-10-23-11-9-19)20(17)7-6-13(2)3/h12-13,15H,5-11H2,1-4H3,(H,21,22). The summed E-state index contributed by atoms with van der Waals surface area (Å²) >= 11 is 1.65. The van der Waals surface area contributed by atoms with Crippen LogP contribution in [-0.4, -0.2) is 65.6 Å². The van der Waals surface area contributed by atoms with Crippen molar-refractivity contribution in [3.8, 4) is 0 Å². The third-order valence-corrected chi connectivity index (χ3v) is 5.45. The van der Waals surface area contributed by atoms with E-state index >= 15 is 0 Å². The van der Waals surface area contributed by atoms with Crippen molar-refractivity contribution in [1.82, 2.24) is 9.80 Å². The Morgan fingerprint density at radius 2 is 2.08 bits per heavy atom. The Kier molecular flexibility index (Phi) is 7.19. The van der Waals surface area contributed by atoms with Gasteiger partial charge in [0.15, 0.2) is 0 Å². The van der Waals surface area contributed by atoms with Crippen LogP contribution in [0.4, 0.5) is 0 Å². The third kappa shape index (κ3) is 4.55. The molecule has 6 heteroatoms. The highest BCUT2D eigenvalue weighted by Crippen LogP contribution is 2.36. The highest BCUT2D eigenvalue weighted by atomic mass is 32.2. The fourth-order valence-corrected chi connectivity index (χ4v) is 4.19. The number of aliphatic carboxylic acids is 1. The first kappa shape index (κ1) is 19.3. The minimum atomic E-state index is -0.824. The minimum Gasteiger partial charge on any atom is -0.478 e. The van der Waals surface area contributed by atoms with E-state index in [0.717, 1.165) is 55.6 Å². The molecule has 0 saturated carbocycles. The van der Waals surface area contributed by atoms with Crippen molar-refractivity contribution in [1.29, 1.82) is 0 Å². The molecule has 1 fully saturated rings. The van der Waals surface area contributed by atoms with E-state index in [1.807, 2.05) is 6.92 Å². The molecule has 0 aromatic heterocycles. The van der Waals surface area contributed by atoms with Gasteiger partial charge in [0.05, 0.1) is 23.8 Å². The molecule has 1 atom stereocenters. The summed E-state index contributed by atoms with van der Waals surface area (Å²) in [6.07, 6.45) is 3.30. The number of nitrogens with zero attached hydrogens (tertiary/aromatic N) is 2. The van der Waals surface area contributed by atoms with Gasteiger partial charge in [-0.3, -0.25) is 4.90 Å². The SMILES string of the molecule is CCSC1=C(C(=O)O)C(C)=CC(N2CCOCC2)N1CCC(C)C. The largest absolute Gasteiger partial charge is 0.478 e. The summed E-state index contributed by atoms with van der Waals surface area (Å²) in [6, 6.07) is 0. The molecule has 2 heterocycles. The van der Waals surface area contributed by atoms with Crippen LogP contribution in [0.2, 0.25) is 0 Å². The van der Waals surface area contributed by atoms with Gasteiger partial charge in [-0.1, -0.05) is 20.8 Å². The van der Waals surface area contributed by atoms with Crippen molar-refractivity contribution < 1.29 is 14.6 Å². The van der Waals surface area contributed by atoms with Gasteiger partial charge in [-0.15, -0.1) is 11.8 Å². The van der Waals surface area contributed by atoms with Gasteiger partial charge in [-0.2, -0.15) is 0 Å². The second-order valence-corrected chi connectivity index (χ2v) is 7.96. The van der Waals surface area contributed by atoms with E-state index in [1.165, 1.54) is 0 Å². The summed E-state index contributed by atoms with van der Waals surface area (Å²) in [7, 11) is 0. The van der Waals surface area contributed by atoms with Crippen LogP contribution in [0.5, 0.6) is 0 Å². The summed E-state index contributed by atoms with van der Waals surface area (Å²) in [6.45, 7) is 12.6. The van der Waals surface area contributed by atoms with Gasteiger partial charge < -0.3 is 14.7 Å². The maximum absolute atomic E-state index is 11.8. The number of carboxylic acids is 1. The maximum atomic E-state index is 11.8. The molecular weight excluding hydrogens is 324 g/mol. The molecule has 1 saturated heterocycles. The first-order valence-electron chi connectivity index (χ1n) is 8.83. The fourth-order valence-electron chi connectivity index (χ4n) is 3.16. The van der Waals surface area contributed by atoms with Gasteiger partial charge >= 0.3 is 5.97 Å². The van der Waals surface area contributed by atoms with Crippen LogP contribution < -0.4 is 0 Å². The third-order valence-electron chi connectivity index (χ3n) is 4.45. The molecule has 1 unspecified atom stereocenters. The molecule has 136 valence electrons. The Hall–Kier alpha value is -0.980. The maximum Gasteiger partial charge on any atom is 0.338 e. The highest BCUT2D eigenvalue weighted by molar-refractivity contribution is 8.03. The number of carboxylic acid groups (broad SMARTS) is 1. The van der Waals surface area contributed by atoms with E-state index in [1.54, 1.807) is 11.8 Å². The Balaban J connectivity index is 2.37. The number of rotatable bonds is 7. The lowest BCUT2D eigenvalue weighted by Gasteiger charge is -2.44. The number of ether oxygens (including phenoxy) is 1. The van der Waals surface area contributed by atoms with Gasteiger partial charge in [0.2, 0.25) is 0 Å². The second kappa shape index (κ2) is 8.92. The van der Waals surface area contributed by atoms with Gasteiger partial charge in [-0.05, 0) is 36.7 Å². The van der Waals surface area contributed by atoms with E-state index in [9.17, 15) is 9.90 Å². The Morgan fingerprint density at radius 3 is 2.62 bits per heavy atom. The molecule has 2 rings (SSSR count). The van der Waals surface area contributed by atoms with Crippen molar-refractivity contribution >= 4 is 17.7 Å². The van der Waals surface area contributed by atoms with E-state index in [2.05, 4.69) is 36.6 Å². The average Bonchev–Trinajstić information content (AvgIpc) is 2.54. The van der Waals surface area contributed by atoms with Crippen molar-refractivity contribution in [2.24, 2.45) is 5.92 Å². The molecule has 0 aliphatic carbocycles. The lowest BCUT2D eigenvalue weighted by atomic mass is 10.0. The van der Waals surface area contributed by atoms with Crippen LogP contribution >= 0.6 is 11.8 Å². The summed E-state index contributed by atoms with van der Waals surface area (Å²) < 4.78 is 5.49. The van der Waals surface area contributed by atoms with Gasteiger partial charge in [0.1, 0.15) is 6.17 Å². The zero-order chi connectivity index (χ0) is 17.7. The van der Waals surface area contributed by atoms with Crippen molar-refractivity contribution in [2.75, 3.05) is 38.6 Å². The quantitative estimate of drug-likeness (QED) is 0.758. The normalized spacial score (nSPS) is 23.0. The number of carbonyl (C=O) groups is 1. The first-order valence-corrected chi connectivity index (χ1v) is 9.81. The first-order chi connectivity index (χ1) is 11.5. The molecule has 0 radical (unpaired) electrons. The van der Waals surface area contributed by atoms with Gasteiger partial charge in [-0.25, -0.2) is 4.79 Å². The number of thioether (sulfide) groups is 1. The zero-order valence-corrected chi connectivity index (χ0v) is 16.1. The molecule has 2 aliphatic heterocycles. The minimum absolute atomic E-state index is 0.129. The molecule has 2 aliphatic rings. The molecular formula is C18H30N2O3S. The van der Waals surface area contributed by atoms with E-state index < -0.39 is 5.97 Å². The summed E-state index contributed by atoms with van der Waals surface area (Å²) in [4.78, 5) is 16.6. The molecule has 0 aromatic carbocycles. The highest BCUT2D eigenvalue weighted by Gasteiger charge is 2.34. The van der Waals surface area contributed by atoms with Gasteiger partial charge in [0, 0.05) is 19.6 Å². The lowest BCUT2D eigenvalue weighted by Crippen LogP contribution is -2.53. The Labute approximate surface area is 149 Å². The van der Waals surface area contributed by atoms with E-state index in [4.69, 9.17) is 4.74 Å². The Morgan fingerprint density at radius 1 is 1.42 bits per heavy atom. The van der Waals surface area contributed by atoms with Crippen LogP contribution in [0.25, 0.3) is 0 Å². The number of morpholine rings is 1. The van der Waals surface area contributed by atoms with E-state index in [0.29, 0.717) is 11.5 Å². The Bertz CT molecular complexity index is 510. The van der Waals surface area contributed by atoms with Crippen molar-refractivity contribution in [3.63, 3.8) is 0 Å². The van der Waals surface area contributed by atoms with Crippen LogP contribution in [0.1, 0.15) is 34.1 Å². The van der Waals surface area contributed by atoms with Crippen LogP contribution in [0, 0.1) is 5.92 Å². The number of hydrogen-bond acceptors (Lipinski definition) is 5. The van der Waals surface area contributed by atoms with Gasteiger partial charge in [0.25, 0.3) is 0 Å². The second-order valence-electron chi connectivity index (χ2n) is 6.71. The smallest absolute Gasteiger partial charge is 0.338 e. The topological polar surface area (TPSA) is 53.0 Å². The monoisotopic (exact) mass is 354 g/mol. The molecule has 5 nitrogen and oxygen atoms in total. The fraction of sp³-hybridized carbons (Fsp3) is 0.722. The predicted molar refractivity (Wildman–Crippen MR) is 98.9 cm³/mol. The van der Waals surface area contributed by atoms with E-state index in [-0.39, 0.29) is 6.17 Å². The summed E-state index contributed by atoms with van der Waals surface area (Å²) in [5.74, 6) is 0.631. The van der Waals surface area contributed by atoms with Crippen LogP contribution in [-0.2, 0) is 9.53 Å². The van der Waals surface area contributed by atoms with Crippen LogP contribution in [0.15, 0.2) is 22.3 Å². The van der Waals surface area contributed by atoms with Crippen molar-refractivity contribution in [3.05, 3.63) is 22.3 Å². The molecule has 0 aromatic rings. The summed E-state index contributed by atoms with van der Waals surface area (Å²) in [5, 5.41) is 10.6. The molecule has 0 bridgehead atoms. The van der Waals surface area contributed by atoms with Crippen LogP contribution in [0.3, 0.4) is 0 Å².